The summed E-state index contributed by atoms with van der Waals surface area (Å²) in [7, 11) is 0. The number of benzene rings is 1. The van der Waals surface area contributed by atoms with Gasteiger partial charge in [-0.2, -0.15) is 0 Å². The van der Waals surface area contributed by atoms with Crippen LogP contribution < -0.4 is 11.5 Å². The van der Waals surface area contributed by atoms with Crippen LogP contribution in [0.1, 0.15) is 11.1 Å². The third kappa shape index (κ3) is 2.65. The van der Waals surface area contributed by atoms with E-state index in [4.69, 9.17) is 23.1 Å². The monoisotopic (exact) mass is 244 g/mol. The lowest BCUT2D eigenvalue weighted by atomic mass is 10.2. The summed E-state index contributed by atoms with van der Waals surface area (Å²) in [5.41, 5.74) is 12.9. The minimum Gasteiger partial charge on any atom is -0.397 e. The Balaban J connectivity index is 2.33. The average Bonchev–Trinajstić information content (AvgIpc) is 2.33. The molecule has 84 valence electrons. The van der Waals surface area contributed by atoms with Gasteiger partial charge in [0.15, 0.2) is 0 Å². The van der Waals surface area contributed by atoms with Gasteiger partial charge in [0.25, 0.3) is 0 Å². The molecule has 5 heteroatoms. The third-order valence-electron chi connectivity index (χ3n) is 2.04. The zero-order valence-corrected chi connectivity index (χ0v) is 9.57. The van der Waals surface area contributed by atoms with Crippen LogP contribution in [0.3, 0.4) is 0 Å². The molecule has 1 aromatic heterocycles. The molecule has 1 aromatic carbocycles. The summed E-state index contributed by atoms with van der Waals surface area (Å²) in [5, 5.41) is 0.455. The van der Waals surface area contributed by atoms with Crippen molar-refractivity contribution in [2.24, 2.45) is 0 Å². The van der Waals surface area contributed by atoms with Crippen molar-refractivity contribution >= 4 is 23.2 Å². The molecule has 2 aromatic rings. The maximum atomic E-state index is 6.01. The van der Waals surface area contributed by atoms with Gasteiger partial charge >= 0.3 is 0 Å². The Morgan fingerprint density at radius 2 is 1.76 bits per heavy atom. The molecule has 0 spiro atoms. The summed E-state index contributed by atoms with van der Waals surface area (Å²) in [6.45, 7) is 0. The molecule has 4 N–H and O–H groups in total. The van der Waals surface area contributed by atoms with Gasteiger partial charge in [-0.05, 0) is 12.1 Å². The van der Waals surface area contributed by atoms with Gasteiger partial charge < -0.3 is 11.5 Å². The maximum absolute atomic E-state index is 6.01. The van der Waals surface area contributed by atoms with Crippen LogP contribution in [0, 0.1) is 11.8 Å². The number of hydrogen-bond donors (Lipinski definition) is 2. The molecule has 1 heterocycles. The van der Waals surface area contributed by atoms with Gasteiger partial charge in [-0.25, -0.2) is 9.97 Å². The predicted molar refractivity (Wildman–Crippen MR) is 68.3 cm³/mol. The molecule has 0 saturated carbocycles. The first-order valence-corrected chi connectivity index (χ1v) is 5.18. The summed E-state index contributed by atoms with van der Waals surface area (Å²) in [4.78, 5) is 7.68. The second-order valence-corrected chi connectivity index (χ2v) is 3.67. The molecule has 0 radical (unpaired) electrons. The zero-order valence-electron chi connectivity index (χ0n) is 8.81. The molecule has 4 nitrogen and oxygen atoms in total. The van der Waals surface area contributed by atoms with E-state index >= 15 is 0 Å². The molecule has 0 unspecified atom stereocenters. The van der Waals surface area contributed by atoms with E-state index in [1.807, 2.05) is 0 Å². The van der Waals surface area contributed by atoms with Gasteiger partial charge in [0.05, 0.1) is 16.3 Å². The van der Waals surface area contributed by atoms with Gasteiger partial charge in [0, 0.05) is 18.0 Å². The van der Waals surface area contributed by atoms with Crippen LogP contribution in [0.5, 0.6) is 0 Å². The van der Waals surface area contributed by atoms with E-state index in [2.05, 4.69) is 21.8 Å². The molecular formula is C12H9ClN4. The number of nitrogen functional groups attached to an aromatic ring is 2. The minimum absolute atomic E-state index is 0.220. The second kappa shape index (κ2) is 4.73. The van der Waals surface area contributed by atoms with Gasteiger partial charge in [-0.15, -0.1) is 0 Å². The van der Waals surface area contributed by atoms with Crippen LogP contribution in [0.15, 0.2) is 30.6 Å². The van der Waals surface area contributed by atoms with E-state index in [0.717, 1.165) is 0 Å². The molecular weight excluding hydrogens is 236 g/mol. The largest absolute Gasteiger partial charge is 0.397 e. The number of hydrogen-bond acceptors (Lipinski definition) is 4. The van der Waals surface area contributed by atoms with Crippen molar-refractivity contribution in [2.45, 2.75) is 0 Å². The highest BCUT2D eigenvalue weighted by Crippen LogP contribution is 2.21. The number of nitrogens with zero attached hydrogens (tertiary/aromatic N) is 2. The van der Waals surface area contributed by atoms with Gasteiger partial charge in [0.2, 0.25) is 5.95 Å². The molecule has 0 aliphatic heterocycles. The van der Waals surface area contributed by atoms with E-state index in [9.17, 15) is 0 Å². The molecule has 0 fully saturated rings. The lowest BCUT2D eigenvalue weighted by molar-refractivity contribution is 1.17. The van der Waals surface area contributed by atoms with Crippen LogP contribution >= 0.6 is 11.6 Å². The topological polar surface area (TPSA) is 77.8 Å². The first-order valence-electron chi connectivity index (χ1n) is 4.80. The Morgan fingerprint density at radius 1 is 1.06 bits per heavy atom. The maximum Gasteiger partial charge on any atom is 0.219 e. The molecule has 0 aliphatic carbocycles. The molecule has 17 heavy (non-hydrogen) atoms. The number of nitrogens with two attached hydrogens (primary N) is 2. The Bertz CT molecular complexity index is 596. The van der Waals surface area contributed by atoms with Gasteiger partial charge in [-0.3, -0.25) is 0 Å². The molecule has 0 atom stereocenters. The molecule has 2 rings (SSSR count). The molecule has 0 aliphatic rings. The van der Waals surface area contributed by atoms with Crippen LogP contribution in [0.4, 0.5) is 11.6 Å². The molecule has 0 amide bonds. The standard InChI is InChI=1S/C12H9ClN4/c13-11-9(2-1-3-10(11)14)5-4-8-6-16-12(15)17-7-8/h1-3,6-7H,14H2,(H2,15,16,17). The normalized spacial score (nSPS) is 9.47. The second-order valence-electron chi connectivity index (χ2n) is 3.29. The summed E-state index contributed by atoms with van der Waals surface area (Å²) < 4.78 is 0. The Kier molecular flexibility index (Phi) is 3.12. The summed E-state index contributed by atoms with van der Waals surface area (Å²) >= 11 is 6.01. The number of halogens is 1. The highest BCUT2D eigenvalue weighted by Gasteiger charge is 1.99. The quantitative estimate of drug-likeness (QED) is 0.546. The number of rotatable bonds is 0. The molecule has 0 bridgehead atoms. The van der Waals surface area contributed by atoms with Crippen molar-refractivity contribution in [3.05, 3.63) is 46.7 Å². The molecule has 0 saturated heterocycles. The Morgan fingerprint density at radius 3 is 2.47 bits per heavy atom. The fraction of sp³-hybridized carbons (Fsp3) is 0. The third-order valence-corrected chi connectivity index (χ3v) is 2.46. The van der Waals surface area contributed by atoms with Crippen LogP contribution in [-0.2, 0) is 0 Å². The summed E-state index contributed by atoms with van der Waals surface area (Å²) in [6.07, 6.45) is 3.10. The van der Waals surface area contributed by atoms with Gasteiger partial charge in [-0.1, -0.05) is 29.5 Å². The van der Waals surface area contributed by atoms with Crippen LogP contribution in [-0.4, -0.2) is 9.97 Å². The van der Waals surface area contributed by atoms with Crippen molar-refractivity contribution in [1.82, 2.24) is 9.97 Å². The predicted octanol–water partition coefficient (Wildman–Crippen LogP) is 1.69. The average molecular weight is 245 g/mol. The summed E-state index contributed by atoms with van der Waals surface area (Å²) in [6, 6.07) is 5.31. The van der Waals surface area contributed by atoms with E-state index in [1.54, 1.807) is 30.6 Å². The van der Waals surface area contributed by atoms with E-state index < -0.39 is 0 Å². The van der Waals surface area contributed by atoms with Crippen molar-refractivity contribution in [3.8, 4) is 11.8 Å². The van der Waals surface area contributed by atoms with Crippen molar-refractivity contribution in [2.75, 3.05) is 11.5 Å². The zero-order chi connectivity index (χ0) is 12.3. The lowest BCUT2D eigenvalue weighted by Gasteiger charge is -1.98. The minimum atomic E-state index is 0.220. The summed E-state index contributed by atoms with van der Waals surface area (Å²) in [5.74, 6) is 6.01. The number of aromatic nitrogens is 2. The Labute approximate surface area is 104 Å². The smallest absolute Gasteiger partial charge is 0.219 e. The highest BCUT2D eigenvalue weighted by molar-refractivity contribution is 6.34. The van der Waals surface area contributed by atoms with Crippen molar-refractivity contribution < 1.29 is 0 Å². The lowest BCUT2D eigenvalue weighted by Crippen LogP contribution is -1.93. The van der Waals surface area contributed by atoms with Crippen LogP contribution in [0.25, 0.3) is 0 Å². The highest BCUT2D eigenvalue weighted by atomic mass is 35.5. The SMILES string of the molecule is Nc1ncc(C#Cc2cccc(N)c2Cl)cn1. The fourth-order valence-corrected chi connectivity index (χ4v) is 1.36. The van der Waals surface area contributed by atoms with Gasteiger partial charge in [0.1, 0.15) is 0 Å². The van der Waals surface area contributed by atoms with Crippen molar-refractivity contribution in [3.63, 3.8) is 0 Å². The first kappa shape index (κ1) is 11.2. The van der Waals surface area contributed by atoms with Crippen molar-refractivity contribution in [1.29, 1.82) is 0 Å². The van der Waals surface area contributed by atoms with E-state index in [0.29, 0.717) is 21.8 Å². The fourth-order valence-electron chi connectivity index (χ4n) is 1.19. The Hall–Kier alpha value is -2.25. The van der Waals surface area contributed by atoms with Crippen LogP contribution in [0.2, 0.25) is 5.02 Å². The number of anilines is 2. The van der Waals surface area contributed by atoms with E-state index in [1.165, 1.54) is 0 Å². The van der Waals surface area contributed by atoms with E-state index in [-0.39, 0.29) is 5.95 Å². The first-order chi connectivity index (χ1) is 8.16.